The van der Waals surface area contributed by atoms with E-state index in [0.717, 1.165) is 30.7 Å². The maximum Gasteiger partial charge on any atom is 0.203 e. The second kappa shape index (κ2) is 8.20. The molecule has 0 saturated carbocycles. The van der Waals surface area contributed by atoms with Gasteiger partial charge in [0.05, 0.1) is 22.0 Å². The van der Waals surface area contributed by atoms with E-state index < -0.39 is 0 Å². The molecule has 0 atom stereocenters. The summed E-state index contributed by atoms with van der Waals surface area (Å²) in [6.45, 7) is 8.06. The summed E-state index contributed by atoms with van der Waals surface area (Å²) >= 11 is 0. The lowest BCUT2D eigenvalue weighted by Gasteiger charge is -2.16. The third-order valence-corrected chi connectivity index (χ3v) is 5.86. The van der Waals surface area contributed by atoms with Crippen LogP contribution in [0.15, 0.2) is 29.1 Å². The molecule has 0 aliphatic carbocycles. The summed E-state index contributed by atoms with van der Waals surface area (Å²) in [7, 11) is 3.98. The molecule has 0 aliphatic heterocycles. The summed E-state index contributed by atoms with van der Waals surface area (Å²) in [5.74, 6) is -0.253. The summed E-state index contributed by atoms with van der Waals surface area (Å²) in [4.78, 5) is 17.9. The first-order valence-electron chi connectivity index (χ1n) is 10.6. The number of hydrogen-bond donors (Lipinski definition) is 3. The van der Waals surface area contributed by atoms with Crippen LogP contribution in [-0.4, -0.2) is 69.9 Å². The molecule has 0 bridgehead atoms. The van der Waals surface area contributed by atoms with Gasteiger partial charge in [-0.1, -0.05) is 13.8 Å². The molecule has 4 aromatic rings. The zero-order chi connectivity index (χ0) is 22.3. The van der Waals surface area contributed by atoms with Crippen LogP contribution >= 0.6 is 0 Å². The van der Waals surface area contributed by atoms with Gasteiger partial charge in [0.15, 0.2) is 0 Å². The Hall–Kier alpha value is -3.10. The Bertz CT molecular complexity index is 1290. The average Bonchev–Trinajstić information content (AvgIpc) is 3.10. The number of phenolic OH excluding ortho intramolecular Hbond substituents is 2. The maximum absolute atomic E-state index is 13.6. The Morgan fingerprint density at radius 2 is 1.71 bits per heavy atom. The number of fused-ring (bicyclic) bond motifs is 2. The van der Waals surface area contributed by atoms with Crippen LogP contribution in [0, 0.1) is 0 Å². The lowest BCUT2D eigenvalue weighted by atomic mass is 10.0. The van der Waals surface area contributed by atoms with E-state index in [1.165, 1.54) is 12.1 Å². The van der Waals surface area contributed by atoms with Crippen LogP contribution in [0.4, 0.5) is 5.69 Å². The van der Waals surface area contributed by atoms with E-state index in [2.05, 4.69) is 29.0 Å². The molecule has 3 N–H and O–H groups in total. The van der Waals surface area contributed by atoms with Crippen molar-refractivity contribution in [2.45, 2.75) is 20.4 Å². The fourth-order valence-corrected chi connectivity index (χ4v) is 4.13. The van der Waals surface area contributed by atoms with E-state index in [4.69, 9.17) is 5.10 Å². The van der Waals surface area contributed by atoms with Gasteiger partial charge >= 0.3 is 0 Å². The van der Waals surface area contributed by atoms with Crippen molar-refractivity contribution in [1.29, 1.82) is 0 Å². The Morgan fingerprint density at radius 3 is 2.39 bits per heavy atom. The Kier molecular flexibility index (Phi) is 5.60. The van der Waals surface area contributed by atoms with Crippen molar-refractivity contribution >= 4 is 32.9 Å². The first kappa shape index (κ1) is 21.1. The highest BCUT2D eigenvalue weighted by Gasteiger charge is 2.23. The van der Waals surface area contributed by atoms with Crippen LogP contribution in [-0.2, 0) is 6.54 Å². The van der Waals surface area contributed by atoms with Gasteiger partial charge < -0.3 is 20.4 Å². The molecule has 0 aliphatic rings. The number of aromatic hydroxyl groups is 2. The predicted octanol–water partition coefficient (Wildman–Crippen LogP) is 2.67. The monoisotopic (exact) mass is 423 g/mol. The highest BCUT2D eigenvalue weighted by Crippen LogP contribution is 2.36. The van der Waals surface area contributed by atoms with Gasteiger partial charge in [0.2, 0.25) is 5.43 Å². The zero-order valence-electron chi connectivity index (χ0n) is 18.4. The van der Waals surface area contributed by atoms with Crippen LogP contribution in [0.5, 0.6) is 11.5 Å². The molecular formula is C23H29N5O3. The molecule has 2 aromatic carbocycles. The number of rotatable bonds is 8. The van der Waals surface area contributed by atoms with Crippen molar-refractivity contribution in [3.63, 3.8) is 0 Å². The maximum atomic E-state index is 13.6. The number of aromatic nitrogens is 2. The summed E-state index contributed by atoms with van der Waals surface area (Å²) in [5, 5.41) is 30.7. The number of anilines is 1. The second-order valence-electron chi connectivity index (χ2n) is 8.09. The third-order valence-electron chi connectivity index (χ3n) is 5.86. The summed E-state index contributed by atoms with van der Waals surface area (Å²) in [6, 6.07) is 6.63. The molecular weight excluding hydrogens is 394 g/mol. The number of hydrogen-bond acceptors (Lipinski definition) is 7. The molecule has 4 rings (SSSR count). The van der Waals surface area contributed by atoms with Crippen LogP contribution in [0.25, 0.3) is 27.2 Å². The quantitative estimate of drug-likeness (QED) is 0.296. The zero-order valence-corrected chi connectivity index (χ0v) is 18.4. The van der Waals surface area contributed by atoms with Crippen molar-refractivity contribution in [2.75, 3.05) is 45.6 Å². The van der Waals surface area contributed by atoms with E-state index in [1.807, 2.05) is 26.2 Å². The second-order valence-corrected chi connectivity index (χ2v) is 8.09. The van der Waals surface area contributed by atoms with Crippen LogP contribution < -0.4 is 10.7 Å². The molecule has 0 amide bonds. The van der Waals surface area contributed by atoms with Crippen LogP contribution in [0.2, 0.25) is 0 Å². The summed E-state index contributed by atoms with van der Waals surface area (Å²) in [6.07, 6.45) is 0. The van der Waals surface area contributed by atoms with Gasteiger partial charge in [-0.2, -0.15) is 5.10 Å². The minimum atomic E-state index is -0.317. The lowest BCUT2D eigenvalue weighted by Crippen LogP contribution is -2.22. The number of pyridine rings is 1. The molecule has 2 heterocycles. The molecule has 8 nitrogen and oxygen atoms in total. The van der Waals surface area contributed by atoms with Crippen molar-refractivity contribution in [2.24, 2.45) is 0 Å². The molecule has 0 saturated heterocycles. The normalized spacial score (nSPS) is 12.2. The number of nitrogens with zero attached hydrogens (tertiary/aromatic N) is 4. The number of nitrogens with one attached hydrogen (secondary N) is 1. The standard InChI is InChI=1S/C23H29N5O3/c1-5-27(6-2)13-16-14-7-8-15(24-11-12-26(3)4)19-21(14)28(25-16)22-18(30)10-9-17(29)20(22)23(19)31/h7-10,24,29-30H,5-6,11-13H2,1-4H3. The Morgan fingerprint density at radius 1 is 1.00 bits per heavy atom. The first-order valence-corrected chi connectivity index (χ1v) is 10.6. The topological polar surface area (TPSA) is 93.3 Å². The van der Waals surface area contributed by atoms with Crippen LogP contribution in [0.3, 0.4) is 0 Å². The molecule has 8 heteroatoms. The van der Waals surface area contributed by atoms with Gasteiger partial charge in [-0.25, -0.2) is 4.52 Å². The van der Waals surface area contributed by atoms with Gasteiger partial charge in [-0.3, -0.25) is 9.69 Å². The lowest BCUT2D eigenvalue weighted by molar-refractivity contribution is 0.293. The van der Waals surface area contributed by atoms with E-state index in [9.17, 15) is 15.0 Å². The van der Waals surface area contributed by atoms with E-state index in [1.54, 1.807) is 4.52 Å². The SMILES string of the molecule is CCN(CC)Cc1nn2c3c(O)ccc(O)c3c(=O)c3c(NCCN(C)C)ccc1c32. The minimum absolute atomic E-state index is 0.0770. The summed E-state index contributed by atoms with van der Waals surface area (Å²) in [5.41, 5.74) is 2.11. The minimum Gasteiger partial charge on any atom is -0.507 e. The molecule has 2 aromatic heterocycles. The predicted molar refractivity (Wildman–Crippen MR) is 125 cm³/mol. The fraction of sp³-hybridized carbons (Fsp3) is 0.391. The first-order chi connectivity index (χ1) is 14.9. The number of phenols is 2. The van der Waals surface area contributed by atoms with Gasteiger partial charge in [0.1, 0.15) is 17.0 Å². The van der Waals surface area contributed by atoms with Crippen molar-refractivity contribution in [3.05, 3.63) is 40.2 Å². The van der Waals surface area contributed by atoms with Crippen molar-refractivity contribution in [3.8, 4) is 11.5 Å². The molecule has 31 heavy (non-hydrogen) atoms. The molecule has 0 radical (unpaired) electrons. The molecule has 0 spiro atoms. The highest BCUT2D eigenvalue weighted by atomic mass is 16.3. The van der Waals surface area contributed by atoms with Gasteiger partial charge in [0, 0.05) is 30.7 Å². The van der Waals surface area contributed by atoms with Crippen LogP contribution in [0.1, 0.15) is 19.5 Å². The fourth-order valence-electron chi connectivity index (χ4n) is 4.13. The third kappa shape index (κ3) is 3.51. The highest BCUT2D eigenvalue weighted by molar-refractivity contribution is 6.10. The van der Waals surface area contributed by atoms with E-state index in [-0.39, 0.29) is 27.8 Å². The largest absolute Gasteiger partial charge is 0.507 e. The summed E-state index contributed by atoms with van der Waals surface area (Å²) < 4.78 is 1.62. The number of likely N-dealkylation sites (N-methyl/N-ethyl adjacent to an activating group) is 1. The molecule has 0 unspecified atom stereocenters. The number of benzene rings is 2. The van der Waals surface area contributed by atoms with Gasteiger partial charge in [-0.15, -0.1) is 0 Å². The van der Waals surface area contributed by atoms with Gasteiger partial charge in [-0.05, 0) is 51.5 Å². The van der Waals surface area contributed by atoms with Crippen molar-refractivity contribution < 1.29 is 10.2 Å². The Labute approximate surface area is 180 Å². The van der Waals surface area contributed by atoms with Gasteiger partial charge in [0.25, 0.3) is 0 Å². The molecule has 0 fully saturated rings. The smallest absolute Gasteiger partial charge is 0.203 e. The van der Waals surface area contributed by atoms with Crippen molar-refractivity contribution in [1.82, 2.24) is 19.4 Å². The Balaban J connectivity index is 2.05. The average molecular weight is 424 g/mol. The van der Waals surface area contributed by atoms with E-state index in [0.29, 0.717) is 29.7 Å². The molecule has 164 valence electrons. The van der Waals surface area contributed by atoms with E-state index >= 15 is 0 Å².